The SMILES string of the molecule is CCOc1cc(C=C2N=C(c3cccc(Cl)c3)OC2=O)ccc1OC. The number of benzene rings is 2. The highest BCUT2D eigenvalue weighted by molar-refractivity contribution is 6.31. The van der Waals surface area contributed by atoms with Crippen LogP contribution in [0.1, 0.15) is 18.1 Å². The summed E-state index contributed by atoms with van der Waals surface area (Å²) in [7, 11) is 1.58. The van der Waals surface area contributed by atoms with E-state index < -0.39 is 5.97 Å². The van der Waals surface area contributed by atoms with Gasteiger partial charge in [-0.1, -0.05) is 23.7 Å². The topological polar surface area (TPSA) is 57.1 Å². The van der Waals surface area contributed by atoms with Crippen LogP contribution in [0.2, 0.25) is 5.02 Å². The largest absolute Gasteiger partial charge is 0.493 e. The minimum Gasteiger partial charge on any atom is -0.493 e. The minimum atomic E-state index is -0.510. The van der Waals surface area contributed by atoms with Crippen molar-refractivity contribution in [2.24, 2.45) is 4.99 Å². The Morgan fingerprint density at radius 3 is 2.76 bits per heavy atom. The van der Waals surface area contributed by atoms with Gasteiger partial charge in [-0.3, -0.25) is 0 Å². The monoisotopic (exact) mass is 357 g/mol. The van der Waals surface area contributed by atoms with E-state index in [0.29, 0.717) is 28.7 Å². The molecule has 0 aromatic heterocycles. The van der Waals surface area contributed by atoms with E-state index in [1.165, 1.54) is 0 Å². The van der Waals surface area contributed by atoms with Crippen LogP contribution < -0.4 is 9.47 Å². The Morgan fingerprint density at radius 1 is 1.20 bits per heavy atom. The fourth-order valence-corrected chi connectivity index (χ4v) is 2.55. The Bertz CT molecular complexity index is 873. The summed E-state index contributed by atoms with van der Waals surface area (Å²) < 4.78 is 16.0. The summed E-state index contributed by atoms with van der Waals surface area (Å²) in [5, 5.41) is 0.546. The summed E-state index contributed by atoms with van der Waals surface area (Å²) in [4.78, 5) is 16.4. The number of aliphatic imine (C=N–C) groups is 1. The lowest BCUT2D eigenvalue weighted by atomic mass is 10.1. The van der Waals surface area contributed by atoms with Crippen molar-refractivity contribution in [3.8, 4) is 11.5 Å². The molecule has 0 saturated heterocycles. The Balaban J connectivity index is 1.93. The molecule has 1 aliphatic heterocycles. The van der Waals surface area contributed by atoms with Crippen LogP contribution in [0.5, 0.6) is 11.5 Å². The smallest absolute Gasteiger partial charge is 0.363 e. The highest BCUT2D eigenvalue weighted by Crippen LogP contribution is 2.29. The zero-order valence-electron chi connectivity index (χ0n) is 13.8. The molecule has 0 unspecified atom stereocenters. The molecule has 25 heavy (non-hydrogen) atoms. The standard InChI is InChI=1S/C19H16ClNO4/c1-3-24-17-10-12(7-8-16(17)23-2)9-15-19(22)25-18(21-15)13-5-4-6-14(20)11-13/h4-11H,3H2,1-2H3. The van der Waals surface area contributed by atoms with Crippen LogP contribution in [-0.2, 0) is 9.53 Å². The van der Waals surface area contributed by atoms with E-state index in [-0.39, 0.29) is 11.6 Å². The third-order valence-corrected chi connectivity index (χ3v) is 3.72. The van der Waals surface area contributed by atoms with E-state index in [1.54, 1.807) is 49.6 Å². The molecule has 0 spiro atoms. The van der Waals surface area contributed by atoms with Crippen LogP contribution in [-0.4, -0.2) is 25.6 Å². The van der Waals surface area contributed by atoms with Gasteiger partial charge in [-0.25, -0.2) is 9.79 Å². The Morgan fingerprint density at radius 2 is 2.04 bits per heavy atom. The van der Waals surface area contributed by atoms with Crippen molar-refractivity contribution in [1.29, 1.82) is 0 Å². The van der Waals surface area contributed by atoms with Gasteiger partial charge in [0.2, 0.25) is 5.90 Å². The molecule has 5 nitrogen and oxygen atoms in total. The number of halogens is 1. The Labute approximate surface area is 150 Å². The molecule has 0 N–H and O–H groups in total. The molecule has 2 aromatic rings. The quantitative estimate of drug-likeness (QED) is 0.597. The molecule has 128 valence electrons. The van der Waals surface area contributed by atoms with Gasteiger partial charge in [0, 0.05) is 10.6 Å². The van der Waals surface area contributed by atoms with E-state index in [4.69, 9.17) is 25.8 Å². The molecular weight excluding hydrogens is 342 g/mol. The number of hydrogen-bond acceptors (Lipinski definition) is 5. The average molecular weight is 358 g/mol. The molecular formula is C19H16ClNO4. The number of ether oxygens (including phenoxy) is 3. The first-order valence-corrected chi connectivity index (χ1v) is 8.08. The summed E-state index contributed by atoms with van der Waals surface area (Å²) in [5.41, 5.74) is 1.61. The fourth-order valence-electron chi connectivity index (χ4n) is 2.36. The summed E-state index contributed by atoms with van der Waals surface area (Å²) in [6, 6.07) is 12.4. The van der Waals surface area contributed by atoms with Crippen LogP contribution in [0.25, 0.3) is 6.08 Å². The van der Waals surface area contributed by atoms with Crippen molar-refractivity contribution >= 4 is 29.5 Å². The maximum absolute atomic E-state index is 12.1. The molecule has 0 saturated carbocycles. The first-order chi connectivity index (χ1) is 12.1. The first kappa shape index (κ1) is 17.0. The third-order valence-electron chi connectivity index (χ3n) is 3.48. The summed E-state index contributed by atoms with van der Waals surface area (Å²) in [6.07, 6.45) is 1.64. The van der Waals surface area contributed by atoms with Crippen LogP contribution >= 0.6 is 11.6 Å². The van der Waals surface area contributed by atoms with Gasteiger partial charge >= 0.3 is 5.97 Å². The number of nitrogens with zero attached hydrogens (tertiary/aromatic N) is 1. The fraction of sp³-hybridized carbons (Fsp3) is 0.158. The van der Waals surface area contributed by atoms with Crippen LogP contribution in [0.4, 0.5) is 0 Å². The molecule has 0 amide bonds. The highest BCUT2D eigenvalue weighted by atomic mass is 35.5. The van der Waals surface area contributed by atoms with E-state index >= 15 is 0 Å². The third kappa shape index (κ3) is 3.83. The van der Waals surface area contributed by atoms with E-state index in [0.717, 1.165) is 5.56 Å². The summed E-state index contributed by atoms with van der Waals surface area (Å²) in [5.74, 6) is 0.951. The van der Waals surface area contributed by atoms with Gasteiger partial charge in [-0.05, 0) is 48.9 Å². The lowest BCUT2D eigenvalue weighted by Gasteiger charge is -2.09. The van der Waals surface area contributed by atoms with Gasteiger partial charge in [-0.15, -0.1) is 0 Å². The van der Waals surface area contributed by atoms with Crippen molar-refractivity contribution < 1.29 is 19.0 Å². The number of carbonyl (C=O) groups is 1. The molecule has 0 fully saturated rings. The average Bonchev–Trinajstić information content (AvgIpc) is 2.96. The summed E-state index contributed by atoms with van der Waals surface area (Å²) in [6.45, 7) is 2.40. The lowest BCUT2D eigenvalue weighted by Crippen LogP contribution is -2.05. The maximum atomic E-state index is 12.1. The predicted molar refractivity (Wildman–Crippen MR) is 96.2 cm³/mol. The zero-order valence-corrected chi connectivity index (χ0v) is 14.5. The van der Waals surface area contributed by atoms with Gasteiger partial charge < -0.3 is 14.2 Å². The van der Waals surface area contributed by atoms with E-state index in [2.05, 4.69) is 4.99 Å². The van der Waals surface area contributed by atoms with Gasteiger partial charge in [0.1, 0.15) is 0 Å². The summed E-state index contributed by atoms with van der Waals surface area (Å²) >= 11 is 5.97. The maximum Gasteiger partial charge on any atom is 0.363 e. The number of esters is 1. The van der Waals surface area contributed by atoms with Gasteiger partial charge in [-0.2, -0.15) is 0 Å². The van der Waals surface area contributed by atoms with Crippen molar-refractivity contribution in [2.75, 3.05) is 13.7 Å². The molecule has 6 heteroatoms. The molecule has 0 bridgehead atoms. The molecule has 1 heterocycles. The van der Waals surface area contributed by atoms with Crippen molar-refractivity contribution in [1.82, 2.24) is 0 Å². The molecule has 0 aliphatic carbocycles. The van der Waals surface area contributed by atoms with Gasteiger partial charge in [0.05, 0.1) is 13.7 Å². The second-order valence-electron chi connectivity index (χ2n) is 5.19. The zero-order chi connectivity index (χ0) is 17.8. The Hall–Kier alpha value is -2.79. The van der Waals surface area contributed by atoms with Crippen molar-refractivity contribution in [3.05, 3.63) is 64.3 Å². The number of cyclic esters (lactones) is 1. The lowest BCUT2D eigenvalue weighted by molar-refractivity contribution is -0.129. The first-order valence-electron chi connectivity index (χ1n) is 7.70. The normalized spacial score (nSPS) is 15.1. The predicted octanol–water partition coefficient (Wildman–Crippen LogP) is 4.09. The molecule has 0 radical (unpaired) electrons. The molecule has 2 aromatic carbocycles. The van der Waals surface area contributed by atoms with E-state index in [1.807, 2.05) is 13.0 Å². The minimum absolute atomic E-state index is 0.211. The second kappa shape index (κ2) is 7.40. The number of carbonyl (C=O) groups excluding carboxylic acids is 1. The van der Waals surface area contributed by atoms with Crippen molar-refractivity contribution in [3.63, 3.8) is 0 Å². The van der Waals surface area contributed by atoms with Crippen LogP contribution in [0.15, 0.2) is 53.2 Å². The second-order valence-corrected chi connectivity index (χ2v) is 5.63. The van der Waals surface area contributed by atoms with E-state index in [9.17, 15) is 4.79 Å². The molecule has 3 rings (SSSR count). The van der Waals surface area contributed by atoms with Crippen LogP contribution in [0.3, 0.4) is 0 Å². The van der Waals surface area contributed by atoms with Gasteiger partial charge in [0.25, 0.3) is 0 Å². The molecule has 0 atom stereocenters. The highest BCUT2D eigenvalue weighted by Gasteiger charge is 2.24. The number of methoxy groups -OCH3 is 1. The number of rotatable bonds is 5. The van der Waals surface area contributed by atoms with Crippen LogP contribution in [0, 0.1) is 0 Å². The van der Waals surface area contributed by atoms with Crippen molar-refractivity contribution in [2.45, 2.75) is 6.92 Å². The Kier molecular flexibility index (Phi) is 5.05. The molecule has 1 aliphatic rings. The van der Waals surface area contributed by atoms with Gasteiger partial charge in [0.15, 0.2) is 17.2 Å². The number of hydrogen-bond donors (Lipinski definition) is 0.